The molecule has 0 radical (unpaired) electrons. The fraction of sp³-hybridized carbons (Fsp3) is 1.00. The zero-order valence-corrected chi connectivity index (χ0v) is 20.8. The summed E-state index contributed by atoms with van der Waals surface area (Å²) < 4.78 is 48.6. The third kappa shape index (κ3) is 31.6. The number of unbranched alkanes of at least 4 members (excludes halogenated alkanes) is 2. The molecule has 0 unspecified atom stereocenters. The van der Waals surface area contributed by atoms with Gasteiger partial charge in [-0.3, -0.25) is 0 Å². The number of rotatable bonds is 30. The Hall–Kier alpha value is -0.400. The monoisotopic (exact) mass is 483 g/mol. The largest absolute Gasteiger partial charge is 0.379 e. The first-order valence-electron chi connectivity index (χ1n) is 12.3. The summed E-state index contributed by atoms with van der Waals surface area (Å²) in [5, 5.41) is 0. The molecule has 10 nitrogen and oxygen atoms in total. The van der Waals surface area contributed by atoms with Gasteiger partial charge in [0.15, 0.2) is 0 Å². The van der Waals surface area contributed by atoms with Crippen molar-refractivity contribution in [1.82, 2.24) is 0 Å². The van der Waals surface area contributed by atoms with Crippen LogP contribution in [-0.4, -0.2) is 125 Å². The maximum absolute atomic E-state index is 5.47. The Balaban J connectivity index is 2.99. The minimum Gasteiger partial charge on any atom is -0.379 e. The van der Waals surface area contributed by atoms with E-state index in [2.05, 4.69) is 6.92 Å². The van der Waals surface area contributed by atoms with E-state index < -0.39 is 0 Å². The van der Waals surface area contributed by atoms with E-state index in [1.165, 1.54) is 12.8 Å². The maximum Gasteiger partial charge on any atom is 0.0701 e. The number of hydrogen-bond donors (Lipinski definition) is 1. The summed E-state index contributed by atoms with van der Waals surface area (Å²) in [5.74, 6) is 0. The summed E-state index contributed by atoms with van der Waals surface area (Å²) in [7, 11) is 0. The third-order valence-electron chi connectivity index (χ3n) is 4.13. The van der Waals surface area contributed by atoms with Crippen molar-refractivity contribution in [3.63, 3.8) is 0 Å². The van der Waals surface area contributed by atoms with Crippen LogP contribution in [0.15, 0.2) is 0 Å². The normalized spacial score (nSPS) is 11.5. The fourth-order valence-corrected chi connectivity index (χ4v) is 2.40. The van der Waals surface area contributed by atoms with Gasteiger partial charge in [-0.1, -0.05) is 19.8 Å². The average Bonchev–Trinajstić information content (AvgIpc) is 2.83. The van der Waals surface area contributed by atoms with Gasteiger partial charge in [0.1, 0.15) is 0 Å². The Morgan fingerprint density at radius 1 is 0.333 bits per heavy atom. The lowest BCUT2D eigenvalue weighted by Crippen LogP contribution is -2.15. The van der Waals surface area contributed by atoms with Crippen molar-refractivity contribution in [3.05, 3.63) is 0 Å². The first-order chi connectivity index (χ1) is 16.4. The Bertz CT molecular complexity index is 311. The molecule has 0 atom stereocenters. The molecule has 0 aliphatic carbocycles. The van der Waals surface area contributed by atoms with E-state index in [1.54, 1.807) is 0 Å². The van der Waals surface area contributed by atoms with Gasteiger partial charge in [-0.05, 0) is 6.42 Å². The van der Waals surface area contributed by atoms with Gasteiger partial charge in [-0.2, -0.15) is 0 Å². The quantitative estimate of drug-likeness (QED) is 0.150. The molecule has 0 aromatic rings. The number of ether oxygens (including phenoxy) is 9. The molecule has 200 valence electrons. The van der Waals surface area contributed by atoms with E-state index >= 15 is 0 Å². The van der Waals surface area contributed by atoms with Crippen LogP contribution in [0.1, 0.15) is 26.2 Å². The van der Waals surface area contributed by atoms with Crippen molar-refractivity contribution in [3.8, 4) is 0 Å². The molecular formula is C23H49NO9. The first-order valence-corrected chi connectivity index (χ1v) is 12.3. The van der Waals surface area contributed by atoms with Crippen LogP contribution in [0.3, 0.4) is 0 Å². The Kier molecular flexibility index (Phi) is 31.2. The molecule has 0 rings (SSSR count). The molecule has 0 saturated carbocycles. The van der Waals surface area contributed by atoms with E-state index in [0.717, 1.165) is 13.0 Å². The summed E-state index contributed by atoms with van der Waals surface area (Å²) in [6.45, 7) is 13.0. The second-order valence-electron chi connectivity index (χ2n) is 7.01. The highest BCUT2D eigenvalue weighted by Gasteiger charge is 1.95. The summed E-state index contributed by atoms with van der Waals surface area (Å²) in [4.78, 5) is 0. The van der Waals surface area contributed by atoms with Crippen molar-refractivity contribution in [2.24, 2.45) is 5.73 Å². The maximum atomic E-state index is 5.47. The Labute approximate surface area is 200 Å². The lowest BCUT2D eigenvalue weighted by Gasteiger charge is -2.08. The summed E-state index contributed by atoms with van der Waals surface area (Å²) >= 11 is 0. The van der Waals surface area contributed by atoms with E-state index in [1.807, 2.05) is 0 Å². The van der Waals surface area contributed by atoms with E-state index in [9.17, 15) is 0 Å². The van der Waals surface area contributed by atoms with E-state index in [0.29, 0.717) is 119 Å². The lowest BCUT2D eigenvalue weighted by atomic mass is 10.3. The SMILES string of the molecule is CCCCCOCCOCCOCCOCCOCCOCCOCCOCCOCCN. The van der Waals surface area contributed by atoms with Crippen LogP contribution in [0, 0.1) is 0 Å². The van der Waals surface area contributed by atoms with Crippen molar-refractivity contribution in [2.45, 2.75) is 26.2 Å². The van der Waals surface area contributed by atoms with Gasteiger partial charge in [0, 0.05) is 13.2 Å². The lowest BCUT2D eigenvalue weighted by molar-refractivity contribution is -0.0249. The molecular weight excluding hydrogens is 434 g/mol. The van der Waals surface area contributed by atoms with Gasteiger partial charge in [0.05, 0.1) is 112 Å². The molecule has 0 amide bonds. The molecule has 33 heavy (non-hydrogen) atoms. The van der Waals surface area contributed by atoms with Gasteiger partial charge in [0.25, 0.3) is 0 Å². The van der Waals surface area contributed by atoms with E-state index in [4.69, 9.17) is 48.4 Å². The van der Waals surface area contributed by atoms with Gasteiger partial charge in [0.2, 0.25) is 0 Å². The molecule has 0 fully saturated rings. The smallest absolute Gasteiger partial charge is 0.0701 e. The highest BCUT2D eigenvalue weighted by Crippen LogP contribution is 1.94. The summed E-state index contributed by atoms with van der Waals surface area (Å²) in [6, 6.07) is 0. The second kappa shape index (κ2) is 31.6. The number of nitrogens with two attached hydrogens (primary N) is 1. The van der Waals surface area contributed by atoms with Gasteiger partial charge in [-0.15, -0.1) is 0 Å². The molecule has 2 N–H and O–H groups in total. The first kappa shape index (κ1) is 32.6. The predicted octanol–water partition coefficient (Wildman–Crippen LogP) is 1.28. The molecule has 10 heteroatoms. The van der Waals surface area contributed by atoms with Crippen LogP contribution in [0.25, 0.3) is 0 Å². The van der Waals surface area contributed by atoms with Crippen LogP contribution >= 0.6 is 0 Å². The van der Waals surface area contributed by atoms with Crippen LogP contribution in [0.4, 0.5) is 0 Å². The van der Waals surface area contributed by atoms with Crippen molar-refractivity contribution in [2.75, 3.05) is 125 Å². The molecule has 0 heterocycles. The van der Waals surface area contributed by atoms with Gasteiger partial charge in [-0.25, -0.2) is 0 Å². The van der Waals surface area contributed by atoms with Crippen molar-refractivity contribution >= 4 is 0 Å². The standard InChI is InChI=1S/C23H49NO9/c1-2-3-4-6-25-8-10-27-12-14-29-16-18-31-20-22-33-23-21-32-19-17-30-15-13-28-11-9-26-7-5-24/h2-24H2,1H3. The highest BCUT2D eigenvalue weighted by molar-refractivity contribution is 4.39. The topological polar surface area (TPSA) is 109 Å². The average molecular weight is 484 g/mol. The minimum absolute atomic E-state index is 0.532. The number of hydrogen-bond acceptors (Lipinski definition) is 10. The summed E-state index contributed by atoms with van der Waals surface area (Å²) in [5.41, 5.74) is 5.32. The van der Waals surface area contributed by atoms with Crippen LogP contribution in [0.5, 0.6) is 0 Å². The van der Waals surface area contributed by atoms with Crippen LogP contribution < -0.4 is 5.73 Å². The molecule has 0 saturated heterocycles. The fourth-order valence-electron chi connectivity index (χ4n) is 2.40. The summed E-state index contributed by atoms with van der Waals surface area (Å²) in [6.07, 6.45) is 3.56. The highest BCUT2D eigenvalue weighted by atomic mass is 16.6. The van der Waals surface area contributed by atoms with E-state index in [-0.39, 0.29) is 0 Å². The predicted molar refractivity (Wildman–Crippen MR) is 126 cm³/mol. The molecule has 0 aliphatic rings. The second-order valence-corrected chi connectivity index (χ2v) is 7.01. The minimum atomic E-state index is 0.532. The third-order valence-corrected chi connectivity index (χ3v) is 4.13. The van der Waals surface area contributed by atoms with Crippen molar-refractivity contribution in [1.29, 1.82) is 0 Å². The van der Waals surface area contributed by atoms with Crippen LogP contribution in [0.2, 0.25) is 0 Å². The van der Waals surface area contributed by atoms with Gasteiger partial charge < -0.3 is 48.4 Å². The van der Waals surface area contributed by atoms with Crippen molar-refractivity contribution < 1.29 is 42.6 Å². The van der Waals surface area contributed by atoms with Crippen LogP contribution in [-0.2, 0) is 42.6 Å². The Morgan fingerprint density at radius 3 is 0.818 bits per heavy atom. The molecule has 0 aromatic heterocycles. The molecule has 0 aliphatic heterocycles. The molecule has 0 bridgehead atoms. The zero-order chi connectivity index (χ0) is 23.9. The molecule has 0 spiro atoms. The van der Waals surface area contributed by atoms with Gasteiger partial charge >= 0.3 is 0 Å². The zero-order valence-electron chi connectivity index (χ0n) is 20.8. The molecule has 0 aromatic carbocycles. The Morgan fingerprint density at radius 2 is 0.576 bits per heavy atom.